The lowest BCUT2D eigenvalue weighted by Crippen LogP contribution is -2.43. The Labute approximate surface area is 92.0 Å². The molecule has 0 bridgehead atoms. The molecule has 1 rings (SSSR count). The van der Waals surface area contributed by atoms with Gasteiger partial charge >= 0.3 is 0 Å². The van der Waals surface area contributed by atoms with Crippen molar-refractivity contribution in [3.8, 4) is 6.07 Å². The Balaban J connectivity index is 2.60. The van der Waals surface area contributed by atoms with Gasteiger partial charge in [0.1, 0.15) is 0 Å². The van der Waals surface area contributed by atoms with E-state index in [-0.39, 0.29) is 6.61 Å². The lowest BCUT2D eigenvalue weighted by molar-refractivity contribution is -0.0763. The molecule has 0 heterocycles. The summed E-state index contributed by atoms with van der Waals surface area (Å²) in [6.45, 7) is 4.88. The van der Waals surface area contributed by atoms with E-state index in [1.54, 1.807) is 0 Å². The fourth-order valence-electron chi connectivity index (χ4n) is 2.30. The summed E-state index contributed by atoms with van der Waals surface area (Å²) in [4.78, 5) is 0. The number of aliphatic hydroxyl groups is 1. The SMILES string of the molecule is CC1CCC(C)C(C#N)(OCCCO)C1. The van der Waals surface area contributed by atoms with Gasteiger partial charge in [-0.2, -0.15) is 5.26 Å². The van der Waals surface area contributed by atoms with Crippen molar-refractivity contribution in [2.45, 2.75) is 45.1 Å². The summed E-state index contributed by atoms with van der Waals surface area (Å²) in [5.41, 5.74) is -0.604. The third kappa shape index (κ3) is 2.93. The molecule has 0 spiro atoms. The second-order valence-electron chi connectivity index (χ2n) is 4.71. The monoisotopic (exact) mass is 211 g/mol. The number of hydrogen-bond donors (Lipinski definition) is 1. The molecule has 0 aromatic rings. The molecule has 3 nitrogen and oxygen atoms in total. The number of aliphatic hydroxyl groups excluding tert-OH is 1. The molecule has 1 saturated carbocycles. The van der Waals surface area contributed by atoms with Crippen LogP contribution < -0.4 is 0 Å². The first-order chi connectivity index (χ1) is 7.14. The average molecular weight is 211 g/mol. The van der Waals surface area contributed by atoms with Crippen LogP contribution in [0.3, 0.4) is 0 Å². The molecule has 3 atom stereocenters. The van der Waals surface area contributed by atoms with Crippen LogP contribution in [-0.2, 0) is 4.74 Å². The highest BCUT2D eigenvalue weighted by Gasteiger charge is 2.41. The first-order valence-corrected chi connectivity index (χ1v) is 5.80. The van der Waals surface area contributed by atoms with Gasteiger partial charge in [0.2, 0.25) is 0 Å². The largest absolute Gasteiger partial charge is 0.396 e. The average Bonchev–Trinajstić information content (AvgIpc) is 2.23. The Morgan fingerprint density at radius 2 is 2.20 bits per heavy atom. The van der Waals surface area contributed by atoms with Gasteiger partial charge in [-0.25, -0.2) is 0 Å². The Morgan fingerprint density at radius 3 is 2.80 bits per heavy atom. The summed E-state index contributed by atoms with van der Waals surface area (Å²) in [5.74, 6) is 0.868. The summed E-state index contributed by atoms with van der Waals surface area (Å²) in [5, 5.41) is 18.0. The van der Waals surface area contributed by atoms with E-state index in [0.717, 1.165) is 12.8 Å². The van der Waals surface area contributed by atoms with Crippen LogP contribution in [0.4, 0.5) is 0 Å². The first kappa shape index (κ1) is 12.5. The summed E-state index contributed by atoms with van der Waals surface area (Å²) in [6, 6.07) is 2.35. The molecule has 0 amide bonds. The molecule has 0 aromatic heterocycles. The fraction of sp³-hybridized carbons (Fsp3) is 0.917. The van der Waals surface area contributed by atoms with Crippen LogP contribution in [0.25, 0.3) is 0 Å². The highest BCUT2D eigenvalue weighted by Crippen LogP contribution is 2.39. The summed E-state index contributed by atoms with van der Waals surface area (Å²) >= 11 is 0. The molecule has 1 aliphatic carbocycles. The molecule has 1 aliphatic rings. The standard InChI is InChI=1S/C12H21NO2/c1-10-4-5-11(2)12(8-10,9-13)15-7-3-6-14/h10-11,14H,3-8H2,1-2H3. The normalized spacial score (nSPS) is 36.1. The molecular weight excluding hydrogens is 190 g/mol. The third-order valence-corrected chi connectivity index (χ3v) is 3.39. The van der Waals surface area contributed by atoms with Gasteiger partial charge in [-0.05, 0) is 31.1 Å². The molecule has 1 N–H and O–H groups in total. The van der Waals surface area contributed by atoms with Crippen molar-refractivity contribution in [2.75, 3.05) is 13.2 Å². The Morgan fingerprint density at radius 1 is 1.47 bits per heavy atom. The maximum atomic E-state index is 9.29. The molecule has 86 valence electrons. The van der Waals surface area contributed by atoms with E-state index in [2.05, 4.69) is 19.9 Å². The highest BCUT2D eigenvalue weighted by molar-refractivity contribution is 5.07. The number of rotatable bonds is 4. The number of nitrogens with zero attached hydrogens (tertiary/aromatic N) is 1. The van der Waals surface area contributed by atoms with Gasteiger partial charge in [-0.15, -0.1) is 0 Å². The Kier molecular flexibility index (Phi) is 4.56. The maximum absolute atomic E-state index is 9.29. The summed E-state index contributed by atoms with van der Waals surface area (Å²) in [7, 11) is 0. The van der Waals surface area contributed by atoms with E-state index in [9.17, 15) is 5.26 Å². The first-order valence-electron chi connectivity index (χ1n) is 5.80. The van der Waals surface area contributed by atoms with E-state index in [0.29, 0.717) is 24.9 Å². The highest BCUT2D eigenvalue weighted by atomic mass is 16.5. The smallest absolute Gasteiger partial charge is 0.156 e. The minimum Gasteiger partial charge on any atom is -0.396 e. The second kappa shape index (κ2) is 5.48. The van der Waals surface area contributed by atoms with Crippen LogP contribution in [0.5, 0.6) is 0 Å². The van der Waals surface area contributed by atoms with Gasteiger partial charge in [-0.1, -0.05) is 20.3 Å². The predicted octanol–water partition coefficient (Wildman–Crippen LogP) is 2.10. The van der Waals surface area contributed by atoms with Crippen molar-refractivity contribution >= 4 is 0 Å². The number of ether oxygens (including phenoxy) is 1. The lowest BCUT2D eigenvalue weighted by atomic mass is 9.72. The Hall–Kier alpha value is -0.590. The molecule has 0 aliphatic heterocycles. The maximum Gasteiger partial charge on any atom is 0.156 e. The van der Waals surface area contributed by atoms with Gasteiger partial charge in [0.05, 0.1) is 12.7 Å². The van der Waals surface area contributed by atoms with Crippen LogP contribution in [0.1, 0.15) is 39.5 Å². The van der Waals surface area contributed by atoms with Crippen LogP contribution in [-0.4, -0.2) is 23.9 Å². The topological polar surface area (TPSA) is 53.2 Å². The predicted molar refractivity (Wildman–Crippen MR) is 58.2 cm³/mol. The summed E-state index contributed by atoms with van der Waals surface area (Å²) < 4.78 is 5.72. The van der Waals surface area contributed by atoms with Crippen LogP contribution in [0.2, 0.25) is 0 Å². The van der Waals surface area contributed by atoms with Crippen molar-refractivity contribution in [1.29, 1.82) is 5.26 Å². The van der Waals surface area contributed by atoms with Gasteiger partial charge in [0.15, 0.2) is 5.60 Å². The molecule has 1 fully saturated rings. The number of nitriles is 1. The molecule has 0 radical (unpaired) electrons. The van der Waals surface area contributed by atoms with E-state index in [4.69, 9.17) is 9.84 Å². The number of hydrogen-bond acceptors (Lipinski definition) is 3. The third-order valence-electron chi connectivity index (χ3n) is 3.39. The quantitative estimate of drug-likeness (QED) is 0.724. The molecule has 0 saturated heterocycles. The van der Waals surface area contributed by atoms with Gasteiger partial charge in [-0.3, -0.25) is 0 Å². The van der Waals surface area contributed by atoms with Gasteiger partial charge < -0.3 is 9.84 Å². The van der Waals surface area contributed by atoms with Crippen LogP contribution >= 0.6 is 0 Å². The summed E-state index contributed by atoms with van der Waals surface area (Å²) in [6.07, 6.45) is 3.70. The zero-order valence-electron chi connectivity index (χ0n) is 9.70. The molecular formula is C12H21NO2. The van der Waals surface area contributed by atoms with Crippen LogP contribution in [0, 0.1) is 23.2 Å². The van der Waals surface area contributed by atoms with Gasteiger partial charge in [0.25, 0.3) is 0 Å². The van der Waals surface area contributed by atoms with Crippen molar-refractivity contribution in [3.05, 3.63) is 0 Å². The van der Waals surface area contributed by atoms with Gasteiger partial charge in [0, 0.05) is 6.61 Å². The van der Waals surface area contributed by atoms with Crippen molar-refractivity contribution < 1.29 is 9.84 Å². The second-order valence-corrected chi connectivity index (χ2v) is 4.71. The van der Waals surface area contributed by atoms with Crippen molar-refractivity contribution in [1.82, 2.24) is 0 Å². The van der Waals surface area contributed by atoms with E-state index in [1.165, 1.54) is 6.42 Å². The molecule has 15 heavy (non-hydrogen) atoms. The fourth-order valence-corrected chi connectivity index (χ4v) is 2.30. The van der Waals surface area contributed by atoms with E-state index < -0.39 is 5.60 Å². The molecule has 0 aromatic carbocycles. The zero-order chi connectivity index (χ0) is 11.3. The zero-order valence-corrected chi connectivity index (χ0v) is 9.70. The molecule has 3 unspecified atom stereocenters. The molecule has 3 heteroatoms. The minimum atomic E-state index is -0.604. The Bertz CT molecular complexity index is 236. The lowest BCUT2D eigenvalue weighted by Gasteiger charge is -2.39. The van der Waals surface area contributed by atoms with E-state index >= 15 is 0 Å². The van der Waals surface area contributed by atoms with E-state index in [1.807, 2.05) is 0 Å². The van der Waals surface area contributed by atoms with Crippen molar-refractivity contribution in [3.63, 3.8) is 0 Å². The van der Waals surface area contributed by atoms with Crippen molar-refractivity contribution in [2.24, 2.45) is 11.8 Å². The van der Waals surface area contributed by atoms with Crippen LogP contribution in [0.15, 0.2) is 0 Å². The minimum absolute atomic E-state index is 0.130.